The summed E-state index contributed by atoms with van der Waals surface area (Å²) in [4.78, 5) is 4.20. The third-order valence-electron chi connectivity index (χ3n) is 2.42. The fraction of sp³-hybridized carbons (Fsp3) is 0.545. The van der Waals surface area contributed by atoms with Crippen molar-refractivity contribution >= 4 is 27.5 Å². The molecule has 0 aromatic carbocycles. The molecule has 1 aromatic rings. The van der Waals surface area contributed by atoms with Crippen LogP contribution in [0, 0.1) is 0 Å². The van der Waals surface area contributed by atoms with Gasteiger partial charge < -0.3 is 9.47 Å². The lowest BCUT2D eigenvalue weighted by atomic mass is 10.2. The molecule has 0 N–H and O–H groups in total. The van der Waals surface area contributed by atoms with Crippen LogP contribution < -0.4 is 0 Å². The van der Waals surface area contributed by atoms with Crippen molar-refractivity contribution in [2.24, 2.45) is 0 Å². The van der Waals surface area contributed by atoms with Crippen molar-refractivity contribution in [3.05, 3.63) is 27.5 Å². The monoisotopic (exact) mass is 305 g/mol. The van der Waals surface area contributed by atoms with E-state index in [0.717, 1.165) is 29.6 Å². The van der Waals surface area contributed by atoms with Crippen LogP contribution in [-0.2, 0) is 16.1 Å². The Morgan fingerprint density at radius 2 is 2.38 bits per heavy atom. The van der Waals surface area contributed by atoms with Gasteiger partial charge in [0.15, 0.2) is 6.29 Å². The Bertz CT molecular complexity index is 356. The fourth-order valence-electron chi connectivity index (χ4n) is 1.56. The van der Waals surface area contributed by atoms with Crippen LogP contribution in [0.4, 0.5) is 0 Å². The lowest BCUT2D eigenvalue weighted by Gasteiger charge is -2.22. The molecular formula is C11H13BrClNO2. The molecule has 1 aliphatic heterocycles. The largest absolute Gasteiger partial charge is 0.353 e. The number of rotatable bonds is 3. The van der Waals surface area contributed by atoms with E-state index in [1.807, 2.05) is 12.1 Å². The second kappa shape index (κ2) is 5.96. The number of nitrogens with zero attached hydrogens (tertiary/aromatic N) is 1. The first-order chi connectivity index (χ1) is 7.75. The maximum absolute atomic E-state index is 5.89. The van der Waals surface area contributed by atoms with Crippen molar-refractivity contribution in [1.29, 1.82) is 0 Å². The Hall–Kier alpha value is -0.160. The van der Waals surface area contributed by atoms with Gasteiger partial charge >= 0.3 is 0 Å². The maximum Gasteiger partial charge on any atom is 0.158 e. The molecule has 0 bridgehead atoms. The van der Waals surface area contributed by atoms with Gasteiger partial charge in [-0.1, -0.05) is 11.6 Å². The van der Waals surface area contributed by atoms with Gasteiger partial charge in [-0.3, -0.25) is 0 Å². The molecule has 88 valence electrons. The second-order valence-electron chi connectivity index (χ2n) is 3.68. The van der Waals surface area contributed by atoms with Crippen molar-refractivity contribution in [2.45, 2.75) is 32.2 Å². The van der Waals surface area contributed by atoms with Gasteiger partial charge in [-0.2, -0.15) is 0 Å². The van der Waals surface area contributed by atoms with Crippen LogP contribution >= 0.6 is 27.5 Å². The van der Waals surface area contributed by atoms with E-state index in [1.54, 1.807) is 0 Å². The Morgan fingerprint density at radius 1 is 1.50 bits per heavy atom. The Kier molecular flexibility index (Phi) is 4.58. The number of halogens is 2. The molecule has 0 aliphatic carbocycles. The standard InChI is InChI=1S/C11H13BrClNO2/c12-9-5-4-8(14-11(9)13)7-16-10-3-1-2-6-15-10/h4-5,10H,1-3,6-7H2. The lowest BCUT2D eigenvalue weighted by molar-refractivity contribution is -0.169. The molecule has 0 spiro atoms. The predicted molar refractivity (Wildman–Crippen MR) is 65.3 cm³/mol. The van der Waals surface area contributed by atoms with E-state index in [1.165, 1.54) is 6.42 Å². The second-order valence-corrected chi connectivity index (χ2v) is 4.89. The first kappa shape index (κ1) is 12.3. The van der Waals surface area contributed by atoms with Crippen LogP contribution in [0.15, 0.2) is 16.6 Å². The summed E-state index contributed by atoms with van der Waals surface area (Å²) in [6, 6.07) is 3.76. The number of aromatic nitrogens is 1. The molecular weight excluding hydrogens is 293 g/mol. The third kappa shape index (κ3) is 3.42. The van der Waals surface area contributed by atoms with Gasteiger partial charge in [-0.15, -0.1) is 0 Å². The number of hydrogen-bond acceptors (Lipinski definition) is 3. The van der Waals surface area contributed by atoms with E-state index in [9.17, 15) is 0 Å². The molecule has 5 heteroatoms. The minimum Gasteiger partial charge on any atom is -0.353 e. The maximum atomic E-state index is 5.89. The minimum absolute atomic E-state index is 0.0852. The van der Waals surface area contributed by atoms with Crippen LogP contribution in [0.25, 0.3) is 0 Å². The molecule has 0 amide bonds. The fourth-order valence-corrected chi connectivity index (χ4v) is 1.95. The van der Waals surface area contributed by atoms with Gasteiger partial charge in [-0.05, 0) is 47.3 Å². The van der Waals surface area contributed by atoms with Crippen molar-refractivity contribution in [1.82, 2.24) is 4.98 Å². The highest BCUT2D eigenvalue weighted by Crippen LogP contribution is 2.21. The Labute approximate surface area is 108 Å². The predicted octanol–water partition coefficient (Wildman–Crippen LogP) is 3.54. The van der Waals surface area contributed by atoms with Crippen molar-refractivity contribution in [3.63, 3.8) is 0 Å². The summed E-state index contributed by atoms with van der Waals surface area (Å²) in [6.07, 6.45) is 3.17. The summed E-state index contributed by atoms with van der Waals surface area (Å²) in [5, 5.41) is 0.464. The Morgan fingerprint density at radius 3 is 3.06 bits per heavy atom. The molecule has 1 saturated heterocycles. The van der Waals surface area contributed by atoms with Crippen molar-refractivity contribution < 1.29 is 9.47 Å². The van der Waals surface area contributed by atoms with Crippen LogP contribution in [0.1, 0.15) is 25.0 Å². The average Bonchev–Trinajstić information content (AvgIpc) is 2.32. The molecule has 2 heterocycles. The van der Waals surface area contributed by atoms with Gasteiger partial charge in [0.1, 0.15) is 5.15 Å². The summed E-state index contributed by atoms with van der Waals surface area (Å²) in [5.74, 6) is 0. The van der Waals surface area contributed by atoms with E-state index in [2.05, 4.69) is 20.9 Å². The first-order valence-corrected chi connectivity index (χ1v) is 6.47. The van der Waals surface area contributed by atoms with Gasteiger partial charge in [-0.25, -0.2) is 4.98 Å². The van der Waals surface area contributed by atoms with Crippen LogP contribution in [0.5, 0.6) is 0 Å². The molecule has 1 fully saturated rings. The summed E-state index contributed by atoms with van der Waals surface area (Å²) in [6.45, 7) is 1.23. The highest BCUT2D eigenvalue weighted by molar-refractivity contribution is 9.10. The number of hydrogen-bond donors (Lipinski definition) is 0. The SMILES string of the molecule is Clc1nc(COC2CCCCO2)ccc1Br. The van der Waals surface area contributed by atoms with E-state index >= 15 is 0 Å². The number of pyridine rings is 1. The van der Waals surface area contributed by atoms with Gasteiger partial charge in [0, 0.05) is 6.61 Å². The lowest BCUT2D eigenvalue weighted by Crippen LogP contribution is -2.22. The molecule has 3 nitrogen and oxygen atoms in total. The molecule has 2 rings (SSSR count). The molecule has 1 unspecified atom stereocenters. The summed E-state index contributed by atoms with van der Waals surface area (Å²) in [5.41, 5.74) is 0.822. The zero-order valence-corrected chi connectivity index (χ0v) is 11.1. The van der Waals surface area contributed by atoms with Crippen molar-refractivity contribution in [2.75, 3.05) is 6.61 Å². The van der Waals surface area contributed by atoms with Crippen molar-refractivity contribution in [3.8, 4) is 0 Å². The topological polar surface area (TPSA) is 31.4 Å². The van der Waals surface area contributed by atoms with E-state index in [0.29, 0.717) is 11.8 Å². The Balaban J connectivity index is 1.86. The molecule has 1 aliphatic rings. The van der Waals surface area contributed by atoms with Crippen LogP contribution in [-0.4, -0.2) is 17.9 Å². The first-order valence-electron chi connectivity index (χ1n) is 5.30. The minimum atomic E-state index is -0.0852. The molecule has 1 atom stereocenters. The van der Waals surface area contributed by atoms with E-state index < -0.39 is 0 Å². The zero-order valence-electron chi connectivity index (χ0n) is 8.79. The smallest absolute Gasteiger partial charge is 0.158 e. The average molecular weight is 307 g/mol. The van der Waals surface area contributed by atoms with E-state index in [4.69, 9.17) is 21.1 Å². The molecule has 1 aromatic heterocycles. The summed E-state index contributed by atoms with van der Waals surface area (Å²) in [7, 11) is 0. The van der Waals surface area contributed by atoms with Gasteiger partial charge in [0.05, 0.1) is 16.8 Å². The van der Waals surface area contributed by atoms with Crippen LogP contribution in [0.3, 0.4) is 0 Å². The van der Waals surface area contributed by atoms with Crippen LogP contribution in [0.2, 0.25) is 5.15 Å². The number of ether oxygens (including phenoxy) is 2. The normalized spacial score (nSPS) is 21.0. The van der Waals surface area contributed by atoms with Gasteiger partial charge in [0.25, 0.3) is 0 Å². The summed E-state index contributed by atoms with van der Waals surface area (Å²) < 4.78 is 11.9. The highest BCUT2D eigenvalue weighted by atomic mass is 79.9. The molecule has 0 radical (unpaired) electrons. The van der Waals surface area contributed by atoms with E-state index in [-0.39, 0.29) is 6.29 Å². The highest BCUT2D eigenvalue weighted by Gasteiger charge is 2.14. The summed E-state index contributed by atoms with van der Waals surface area (Å²) >= 11 is 9.19. The third-order valence-corrected chi connectivity index (χ3v) is 3.57. The van der Waals surface area contributed by atoms with Gasteiger partial charge in [0.2, 0.25) is 0 Å². The quantitative estimate of drug-likeness (QED) is 0.800. The molecule has 16 heavy (non-hydrogen) atoms. The zero-order chi connectivity index (χ0) is 11.4. The molecule has 0 saturated carbocycles.